The second kappa shape index (κ2) is 31.3. The smallest absolute Gasteiger partial charge is 0.414 e. The van der Waals surface area contributed by atoms with Crippen LogP contribution in [0.2, 0.25) is 10.0 Å². The Hall–Kier alpha value is -11.9. The topological polar surface area (TPSA) is 355 Å². The normalized spacial score (nSPS) is 18.4. The van der Waals surface area contributed by atoms with Gasteiger partial charge in [-0.1, -0.05) is 119 Å². The first-order valence-electron chi connectivity index (χ1n) is 34.3. The van der Waals surface area contributed by atoms with Gasteiger partial charge in [0, 0.05) is 0 Å². The van der Waals surface area contributed by atoms with Crippen LogP contribution < -0.4 is 21.7 Å². The summed E-state index contributed by atoms with van der Waals surface area (Å²) < 4.78 is 190. The molecule has 44 heteroatoms. The maximum atomic E-state index is 16.0. The zero-order chi connectivity index (χ0) is 82.4. The van der Waals surface area contributed by atoms with Crippen LogP contribution in [-0.4, -0.2) is 158 Å². The molecule has 9 aromatic rings. The van der Waals surface area contributed by atoms with Gasteiger partial charge in [-0.3, -0.25) is 24.7 Å². The predicted molar refractivity (Wildman–Crippen MR) is 375 cm³/mol. The summed E-state index contributed by atoms with van der Waals surface area (Å²) in [6, 6.07) is 20.9. The standard InChI is InChI=1S/C39H36ClF6N11O5.C31H30ClF6N11O3/c1-36(2,3)19-38(24-10-12-27(26(41)16-24)55-21-48-53-54-55)32(58)56(33(51-38)50-34(59)61-17-22-7-5-4-6-8-22)29(18-62-35(60)52-37(13-14-37)39(44,45)46)23-9-11-25(40)28(15-23)57-31(30(42)43)47-20-49-57;1-28(2,3)13-30(17-5-7-20(19(33)11-17)47-15-41-45-46-47)25(50)48(26(39)43-30)22(12-52-27(51)44-29(8-9-29)31(36,37)38)16-4-6-18(32)21(10-16)49-24(23(34)35)40-14-42-49/h4-12,15-16,20-21,29-30H,13-14,17-19H2,1-3H3,(H,52,60)(H,50,51,59);4-7,10-11,14-15,22-23H,8-9,12-13H2,1-3H3,(H2,39,43)(H,44,51)/t29-,38-;22-,30-/m11/s1. The Morgan fingerprint density at radius 3 is 1.38 bits per heavy atom. The molecule has 5 amide bonds. The Morgan fingerprint density at radius 2 is 0.982 bits per heavy atom. The maximum absolute atomic E-state index is 16.0. The lowest BCUT2D eigenvalue weighted by Gasteiger charge is -2.35. The van der Waals surface area contributed by atoms with E-state index in [1.165, 1.54) is 67.0 Å². The number of guanidine groups is 2. The lowest BCUT2D eigenvalue weighted by Crippen LogP contribution is -2.51. The molecule has 6 heterocycles. The largest absolute Gasteiger partial charge is 0.447 e. The van der Waals surface area contributed by atoms with E-state index < -0.39 is 162 Å². The molecule has 114 heavy (non-hydrogen) atoms. The molecular weight excluding hydrogens is 1580 g/mol. The van der Waals surface area contributed by atoms with Crippen LogP contribution in [0, 0.1) is 22.5 Å². The molecule has 0 spiro atoms. The van der Waals surface area contributed by atoms with Crippen LogP contribution in [0.5, 0.6) is 0 Å². The van der Waals surface area contributed by atoms with E-state index in [9.17, 15) is 63.1 Å². The van der Waals surface area contributed by atoms with Crippen molar-refractivity contribution in [1.29, 1.82) is 0 Å². The number of rotatable bonds is 22. The van der Waals surface area contributed by atoms with Crippen molar-refractivity contribution in [3.63, 3.8) is 0 Å². The Morgan fingerprint density at radius 1 is 0.553 bits per heavy atom. The summed E-state index contributed by atoms with van der Waals surface area (Å²) in [7, 11) is 0. The fourth-order valence-corrected chi connectivity index (χ4v) is 13.5. The molecule has 13 rings (SSSR count). The van der Waals surface area contributed by atoms with Gasteiger partial charge in [-0.05, 0) is 147 Å². The van der Waals surface area contributed by atoms with Crippen LogP contribution in [0.3, 0.4) is 0 Å². The van der Waals surface area contributed by atoms with Gasteiger partial charge >= 0.3 is 30.6 Å². The minimum atomic E-state index is -4.81. The third-order valence-electron chi connectivity index (χ3n) is 18.6. The minimum Gasteiger partial charge on any atom is -0.447 e. The first-order valence-corrected chi connectivity index (χ1v) is 35.1. The summed E-state index contributed by atoms with van der Waals surface area (Å²) in [5.74, 6) is -5.89. The van der Waals surface area contributed by atoms with E-state index in [-0.39, 0.29) is 87.3 Å². The number of hydrogen-bond acceptors (Lipinski definition) is 21. The van der Waals surface area contributed by atoms with Gasteiger partial charge in [-0.15, -0.1) is 10.2 Å². The van der Waals surface area contributed by atoms with Crippen molar-refractivity contribution in [3.8, 4) is 22.7 Å². The summed E-state index contributed by atoms with van der Waals surface area (Å²) in [5, 5.41) is 35.2. The van der Waals surface area contributed by atoms with Crippen molar-refractivity contribution < 1.29 is 90.9 Å². The minimum absolute atomic E-state index is 0.00884. The molecule has 0 bridgehead atoms. The number of hydrogen-bond donors (Lipinski definition) is 4. The number of carbonyl (C=O) groups is 5. The summed E-state index contributed by atoms with van der Waals surface area (Å²) in [5.41, 5.74) is -3.54. The Bertz CT molecular complexity index is 5150. The van der Waals surface area contributed by atoms with E-state index in [1.54, 1.807) is 51.1 Å². The zero-order valence-corrected chi connectivity index (χ0v) is 62.0. The van der Waals surface area contributed by atoms with Crippen LogP contribution in [-0.2, 0) is 41.5 Å². The van der Waals surface area contributed by atoms with Gasteiger partial charge in [0.15, 0.2) is 28.7 Å². The maximum Gasteiger partial charge on any atom is 0.414 e. The highest BCUT2D eigenvalue weighted by Gasteiger charge is 2.66. The summed E-state index contributed by atoms with van der Waals surface area (Å²) in [6.07, 6.45) is -17.5. The molecule has 2 fully saturated rings. The van der Waals surface area contributed by atoms with Gasteiger partial charge in [-0.25, -0.2) is 70.0 Å². The van der Waals surface area contributed by atoms with Gasteiger partial charge in [0.05, 0.1) is 33.5 Å². The molecular formula is C70H66Cl2F12N22O8. The number of nitrogens with zero attached hydrogens (tertiary/aromatic N) is 18. The van der Waals surface area contributed by atoms with Crippen molar-refractivity contribution in [2.24, 2.45) is 26.5 Å². The van der Waals surface area contributed by atoms with Gasteiger partial charge in [0.25, 0.3) is 24.7 Å². The highest BCUT2D eigenvalue weighted by Crippen LogP contribution is 2.52. The number of aromatic nitrogens is 14. The Kier molecular flexibility index (Phi) is 22.4. The molecule has 602 valence electrons. The second-order valence-electron chi connectivity index (χ2n) is 29.2. The van der Waals surface area contributed by atoms with Crippen molar-refractivity contribution in [1.82, 2.24) is 95.7 Å². The third-order valence-corrected chi connectivity index (χ3v) is 19.2. The predicted octanol–water partition coefficient (Wildman–Crippen LogP) is 12.6. The number of aliphatic imine (C=N–C) groups is 2. The number of amides is 5. The van der Waals surface area contributed by atoms with E-state index in [2.05, 4.69) is 61.5 Å². The lowest BCUT2D eigenvalue weighted by molar-refractivity contribution is -0.164. The van der Waals surface area contributed by atoms with Crippen molar-refractivity contribution in [2.45, 2.75) is 146 Å². The van der Waals surface area contributed by atoms with Crippen LogP contribution in [0.25, 0.3) is 22.7 Å². The molecule has 5 N–H and O–H groups in total. The molecule has 0 saturated heterocycles. The number of alkyl carbamates (subject to hydrolysis) is 3. The first kappa shape index (κ1) is 81.6. The first-order chi connectivity index (χ1) is 53.7. The fourth-order valence-electron chi connectivity index (χ4n) is 13.1. The number of alkyl halides is 10. The average molecular weight is 1640 g/mol. The molecule has 0 radical (unpaired) electrons. The molecule has 4 aliphatic rings. The third kappa shape index (κ3) is 16.9. The summed E-state index contributed by atoms with van der Waals surface area (Å²) in [6.45, 7) is 8.82. The van der Waals surface area contributed by atoms with Gasteiger partial charge < -0.3 is 30.6 Å². The van der Waals surface area contributed by atoms with Crippen LogP contribution in [0.1, 0.15) is 144 Å². The summed E-state index contributed by atoms with van der Waals surface area (Å²) >= 11 is 12.9. The van der Waals surface area contributed by atoms with Crippen LogP contribution in [0.4, 0.5) is 67.1 Å². The van der Waals surface area contributed by atoms with E-state index in [0.29, 0.717) is 5.56 Å². The molecule has 5 aromatic carbocycles. The van der Waals surface area contributed by atoms with Crippen molar-refractivity contribution in [3.05, 3.63) is 190 Å². The average Bonchev–Trinajstić information content (AvgIpc) is 1.57. The number of nitrogens with two attached hydrogens (primary N) is 1. The number of halogens is 14. The fraction of sp³-hybridized carbons (Fsp3) is 0.386. The number of tetrazole rings is 2. The van der Waals surface area contributed by atoms with Gasteiger partial charge in [0.2, 0.25) is 5.96 Å². The highest BCUT2D eigenvalue weighted by atomic mass is 35.5. The van der Waals surface area contributed by atoms with Gasteiger partial charge in [-0.2, -0.15) is 45.9 Å². The Balaban J connectivity index is 0.000000214. The molecule has 2 aliphatic heterocycles. The molecule has 4 aromatic heterocycles. The molecule has 2 saturated carbocycles. The number of carbonyl (C=O) groups excluding carboxylic acids is 5. The van der Waals surface area contributed by atoms with Crippen LogP contribution in [0.15, 0.2) is 138 Å². The molecule has 0 unspecified atom stereocenters. The molecule has 4 atom stereocenters. The van der Waals surface area contributed by atoms with E-state index in [4.69, 9.17) is 48.1 Å². The Labute approximate surface area is 647 Å². The van der Waals surface area contributed by atoms with E-state index in [1.807, 2.05) is 31.4 Å². The second-order valence-corrected chi connectivity index (χ2v) is 30.0. The number of nitrogens with one attached hydrogen (secondary N) is 3. The van der Waals surface area contributed by atoms with Crippen LogP contribution >= 0.6 is 23.2 Å². The van der Waals surface area contributed by atoms with Crippen molar-refractivity contribution >= 4 is 65.2 Å². The number of benzene rings is 5. The SMILES string of the molecule is CC(C)(C)C[C@]1(c2ccc(-n3cnnn3)c(F)c2)N=C(N)N([C@H](COC(=O)NC2(C(F)(F)F)CC2)c2ccc(Cl)c(-n3ncnc3C(F)F)c2)C1=O.CC(C)(C)C[C@]1(c2ccc(-n3cnnn3)c(F)c2)N=C(NC(=O)OCc2ccccc2)N([C@H](COC(=O)NC2(C(F)(F)F)CC2)c2ccc(Cl)c(-n3ncnc3C(F)F)c2)C1=O. The lowest BCUT2D eigenvalue weighted by atomic mass is 9.75. The molecule has 30 nitrogen and oxygen atoms in total. The van der Waals surface area contributed by atoms with E-state index in [0.717, 1.165) is 59.6 Å². The molecule has 2 aliphatic carbocycles. The van der Waals surface area contributed by atoms with Gasteiger partial charge in [0.1, 0.15) is 79.2 Å². The zero-order valence-electron chi connectivity index (χ0n) is 60.5. The quantitative estimate of drug-likeness (QED) is 0.0362. The highest BCUT2D eigenvalue weighted by molar-refractivity contribution is 6.32. The monoisotopic (exact) mass is 1640 g/mol. The summed E-state index contributed by atoms with van der Waals surface area (Å²) in [4.78, 5) is 88.2. The van der Waals surface area contributed by atoms with E-state index >= 15 is 13.6 Å². The number of ether oxygens (including phenoxy) is 3. The van der Waals surface area contributed by atoms with Crippen molar-refractivity contribution in [2.75, 3.05) is 13.2 Å².